The normalized spacial score (nSPS) is 20.0. The zero-order valence-corrected chi connectivity index (χ0v) is 29.4. The number of phenols is 1. The van der Waals surface area contributed by atoms with Crippen molar-refractivity contribution >= 4 is 25.7 Å². The number of Topliss-reactive ketones (excluding diaryl/α,β-unsaturated/α-hetero) is 3. The van der Waals surface area contributed by atoms with E-state index in [1.54, 1.807) is 19.9 Å². The highest BCUT2D eigenvalue weighted by Crippen LogP contribution is 2.58. The summed E-state index contributed by atoms with van der Waals surface area (Å²) < 4.78 is 13.6. The molecule has 42 heavy (non-hydrogen) atoms. The van der Waals surface area contributed by atoms with Crippen LogP contribution in [0.5, 0.6) is 17.2 Å². The largest absolute Gasteiger partial charge is 0.542 e. The Hall–Kier alpha value is -2.41. The molecule has 1 aromatic carbocycles. The van der Waals surface area contributed by atoms with E-state index in [9.17, 15) is 19.5 Å². The Kier molecular flexibility index (Phi) is 9.40. The Morgan fingerprint density at radius 2 is 1.43 bits per heavy atom. The fraction of sp³-hybridized carbons (Fsp3) is 0.686. The summed E-state index contributed by atoms with van der Waals surface area (Å²) in [4.78, 5) is 41.5. The first kappa shape index (κ1) is 34.1. The van der Waals surface area contributed by atoms with Crippen LogP contribution >= 0.6 is 0 Å². The Morgan fingerprint density at radius 3 is 1.88 bits per heavy atom. The molecule has 2 aliphatic rings. The predicted octanol–water partition coefficient (Wildman–Crippen LogP) is 9.16. The van der Waals surface area contributed by atoms with E-state index < -0.39 is 25.1 Å². The summed E-state index contributed by atoms with van der Waals surface area (Å²) in [7, 11) is -2.54. The molecule has 0 radical (unpaired) electrons. The number of hydrogen-bond donors (Lipinski definition) is 1. The van der Waals surface area contributed by atoms with Crippen molar-refractivity contribution in [2.24, 2.45) is 22.7 Å². The quantitative estimate of drug-likeness (QED) is 0.164. The second-order valence-electron chi connectivity index (χ2n) is 15.4. The van der Waals surface area contributed by atoms with Crippen molar-refractivity contribution in [2.45, 2.75) is 132 Å². The highest BCUT2D eigenvalue weighted by Gasteiger charge is 2.57. The third-order valence-electron chi connectivity index (χ3n) is 9.51. The molecule has 7 heteroatoms. The van der Waals surface area contributed by atoms with Gasteiger partial charge in [-0.15, -0.1) is 0 Å². The van der Waals surface area contributed by atoms with Gasteiger partial charge in [0.2, 0.25) is 0 Å². The van der Waals surface area contributed by atoms with Crippen LogP contribution in [0.4, 0.5) is 0 Å². The minimum Gasteiger partial charge on any atom is -0.542 e. The third kappa shape index (κ3) is 5.39. The minimum absolute atomic E-state index is 0.0765. The van der Waals surface area contributed by atoms with E-state index in [0.29, 0.717) is 34.8 Å². The summed E-state index contributed by atoms with van der Waals surface area (Å²) in [5, 5.41) is 12.1. The summed E-state index contributed by atoms with van der Waals surface area (Å²) >= 11 is 0. The van der Waals surface area contributed by atoms with E-state index >= 15 is 0 Å². The molecule has 1 aromatic rings. The van der Waals surface area contributed by atoms with Gasteiger partial charge in [0, 0.05) is 29.5 Å². The van der Waals surface area contributed by atoms with Crippen LogP contribution in [-0.2, 0) is 9.59 Å². The molecule has 6 nitrogen and oxygen atoms in total. The Morgan fingerprint density at radius 1 is 0.905 bits per heavy atom. The second-order valence-corrected chi connectivity index (χ2v) is 20.8. The zero-order valence-electron chi connectivity index (χ0n) is 28.4. The summed E-state index contributed by atoms with van der Waals surface area (Å²) in [6.45, 7) is 28.1. The van der Waals surface area contributed by atoms with Gasteiger partial charge in [-0.2, -0.15) is 0 Å². The van der Waals surface area contributed by atoms with Gasteiger partial charge >= 0.3 is 0 Å². The number of rotatable bonds is 10. The lowest BCUT2D eigenvalue weighted by molar-refractivity contribution is -0.144. The number of ether oxygens (including phenoxy) is 1. The number of carbonyl (C=O) groups excluding carboxylic acids is 3. The Bertz CT molecular complexity index is 1270. The van der Waals surface area contributed by atoms with Gasteiger partial charge in [-0.1, -0.05) is 69.2 Å². The number of ketones is 3. The van der Waals surface area contributed by atoms with E-state index in [1.165, 1.54) is 0 Å². The molecule has 0 saturated heterocycles. The topological polar surface area (TPSA) is 89.9 Å². The van der Waals surface area contributed by atoms with Crippen molar-refractivity contribution < 1.29 is 28.7 Å². The van der Waals surface area contributed by atoms with Crippen molar-refractivity contribution in [3.05, 3.63) is 28.5 Å². The lowest BCUT2D eigenvalue weighted by atomic mass is 9.59. The SMILES string of the molecule is CC(C)CC(=O)c1c(O[Si](C(C)C)(C(C)C)C(C)C)cc2c(c1O)C(CC(C)C)C1=C(O2)C(C)(C)C(=O)C(C)(C)C1=O. The molecule has 0 saturated carbocycles. The van der Waals surface area contributed by atoms with E-state index in [1.807, 2.05) is 27.7 Å². The van der Waals surface area contributed by atoms with Gasteiger partial charge in [0.25, 0.3) is 8.32 Å². The minimum atomic E-state index is -2.54. The van der Waals surface area contributed by atoms with Crippen LogP contribution in [0.1, 0.15) is 132 Å². The molecule has 1 unspecified atom stereocenters. The van der Waals surface area contributed by atoms with Crippen LogP contribution in [0.25, 0.3) is 0 Å². The molecule has 1 heterocycles. The molecule has 3 rings (SSSR count). The average Bonchev–Trinajstić information content (AvgIpc) is 2.83. The van der Waals surface area contributed by atoms with Gasteiger partial charge in [0.05, 0.1) is 10.8 Å². The average molecular weight is 599 g/mol. The predicted molar refractivity (Wildman–Crippen MR) is 171 cm³/mol. The van der Waals surface area contributed by atoms with Gasteiger partial charge < -0.3 is 14.3 Å². The Balaban J connectivity index is 2.44. The van der Waals surface area contributed by atoms with Crippen molar-refractivity contribution in [1.82, 2.24) is 0 Å². The molecule has 0 spiro atoms. The molecule has 0 amide bonds. The van der Waals surface area contributed by atoms with E-state index in [2.05, 4.69) is 55.4 Å². The van der Waals surface area contributed by atoms with Gasteiger partial charge in [0.15, 0.2) is 17.3 Å². The Labute approximate surface area is 254 Å². The number of fused-ring (bicyclic) bond motifs is 1. The third-order valence-corrected chi connectivity index (χ3v) is 15.5. The molecular weight excluding hydrogens is 544 g/mol. The van der Waals surface area contributed by atoms with E-state index in [-0.39, 0.29) is 63.5 Å². The first-order chi connectivity index (χ1) is 19.1. The van der Waals surface area contributed by atoms with Crippen LogP contribution in [0.15, 0.2) is 17.4 Å². The molecule has 1 aliphatic heterocycles. The van der Waals surface area contributed by atoms with Crippen LogP contribution < -0.4 is 9.16 Å². The van der Waals surface area contributed by atoms with Crippen LogP contribution in [0.3, 0.4) is 0 Å². The zero-order chi connectivity index (χ0) is 32.3. The first-order valence-electron chi connectivity index (χ1n) is 15.8. The van der Waals surface area contributed by atoms with Crippen molar-refractivity contribution in [3.63, 3.8) is 0 Å². The maximum Gasteiger partial charge on any atom is 0.258 e. The summed E-state index contributed by atoms with van der Waals surface area (Å²) in [6.07, 6.45) is 0.801. The molecule has 0 fully saturated rings. The lowest BCUT2D eigenvalue weighted by Gasteiger charge is -2.46. The maximum absolute atomic E-state index is 14.0. The monoisotopic (exact) mass is 598 g/mol. The van der Waals surface area contributed by atoms with E-state index in [4.69, 9.17) is 9.16 Å². The molecule has 0 aromatic heterocycles. The van der Waals surface area contributed by atoms with Crippen molar-refractivity contribution in [2.75, 3.05) is 0 Å². The van der Waals surface area contributed by atoms with Gasteiger partial charge in [-0.25, -0.2) is 0 Å². The summed E-state index contributed by atoms with van der Waals surface area (Å²) in [6, 6.07) is 1.76. The summed E-state index contributed by atoms with van der Waals surface area (Å²) in [5.41, 5.74) is -0.499. The van der Waals surface area contributed by atoms with Gasteiger partial charge in [0.1, 0.15) is 28.6 Å². The number of hydrogen-bond acceptors (Lipinski definition) is 6. The summed E-state index contributed by atoms with van der Waals surface area (Å²) in [5.74, 6) is -0.0459. The van der Waals surface area contributed by atoms with Gasteiger partial charge in [-0.3, -0.25) is 14.4 Å². The molecule has 1 N–H and O–H groups in total. The van der Waals surface area contributed by atoms with E-state index in [0.717, 1.165) is 0 Å². The lowest BCUT2D eigenvalue weighted by Crippen LogP contribution is -2.52. The number of allylic oxidation sites excluding steroid dienone is 2. The number of carbonyl (C=O) groups is 3. The number of aromatic hydroxyl groups is 1. The maximum atomic E-state index is 14.0. The molecule has 0 bridgehead atoms. The second kappa shape index (κ2) is 11.6. The van der Waals surface area contributed by atoms with Gasteiger partial charge in [-0.05, 0) is 62.6 Å². The number of benzene rings is 1. The highest BCUT2D eigenvalue weighted by molar-refractivity contribution is 6.78. The van der Waals surface area contributed by atoms with Crippen molar-refractivity contribution in [1.29, 1.82) is 0 Å². The van der Waals surface area contributed by atoms with Crippen LogP contribution in [0, 0.1) is 22.7 Å². The fourth-order valence-electron chi connectivity index (χ4n) is 7.65. The highest BCUT2D eigenvalue weighted by atomic mass is 28.4. The molecule has 1 aliphatic carbocycles. The molecular formula is C35H54O6Si. The van der Waals surface area contributed by atoms with Crippen molar-refractivity contribution in [3.8, 4) is 17.2 Å². The smallest absolute Gasteiger partial charge is 0.258 e. The fourth-order valence-corrected chi connectivity index (χ4v) is 12.9. The standard InChI is InChI=1S/C35H54O6Si/c1-18(2)15-23-27-25(40-32-28(23)31(38)34(11,12)33(39)35(32,13)14)17-26(29(30(27)37)24(36)16-19(3)4)41-42(20(5)6,21(7)8)22(9)10/h17-23,37H,15-16H2,1-14H3. The molecule has 234 valence electrons. The number of phenolic OH excluding ortho intramolecular Hbond substituents is 1. The van der Waals surface area contributed by atoms with Crippen LogP contribution in [-0.4, -0.2) is 30.8 Å². The van der Waals surface area contributed by atoms with Crippen LogP contribution in [0.2, 0.25) is 16.6 Å². The first-order valence-corrected chi connectivity index (χ1v) is 17.9. The molecule has 1 atom stereocenters.